The Morgan fingerprint density at radius 3 is 2.64 bits per heavy atom. The van der Waals surface area contributed by atoms with Crippen molar-refractivity contribution in [1.82, 2.24) is 10.2 Å². The number of amides is 1. The molecule has 4 heteroatoms. The molecule has 0 aromatic heterocycles. The van der Waals surface area contributed by atoms with Crippen LogP contribution in [0.3, 0.4) is 0 Å². The first kappa shape index (κ1) is 11.2. The van der Waals surface area contributed by atoms with Gasteiger partial charge in [-0.15, -0.1) is 0 Å². The average molecular weight is 198 g/mol. The molecule has 1 aliphatic heterocycles. The fourth-order valence-electron chi connectivity index (χ4n) is 1.99. The normalized spacial score (nSPS) is 27.6. The van der Waals surface area contributed by atoms with Crippen molar-refractivity contribution >= 4 is 11.7 Å². The minimum absolute atomic E-state index is 0.0727. The van der Waals surface area contributed by atoms with E-state index >= 15 is 0 Å². The van der Waals surface area contributed by atoms with Crippen molar-refractivity contribution < 1.29 is 9.59 Å². The molecule has 0 bridgehead atoms. The summed E-state index contributed by atoms with van der Waals surface area (Å²) >= 11 is 0. The van der Waals surface area contributed by atoms with Crippen molar-refractivity contribution in [2.75, 3.05) is 26.7 Å². The van der Waals surface area contributed by atoms with Crippen LogP contribution in [-0.2, 0) is 9.59 Å². The van der Waals surface area contributed by atoms with Gasteiger partial charge >= 0.3 is 0 Å². The molecule has 14 heavy (non-hydrogen) atoms. The van der Waals surface area contributed by atoms with Crippen molar-refractivity contribution in [2.45, 2.75) is 20.3 Å². The van der Waals surface area contributed by atoms with Crippen molar-refractivity contribution in [3.8, 4) is 0 Å². The smallest absolute Gasteiger partial charge is 0.227 e. The van der Waals surface area contributed by atoms with Gasteiger partial charge in [0.25, 0.3) is 0 Å². The Balaban J connectivity index is 2.55. The Kier molecular flexibility index (Phi) is 3.26. The minimum atomic E-state index is -0.315. The van der Waals surface area contributed by atoms with E-state index in [9.17, 15) is 9.59 Å². The van der Waals surface area contributed by atoms with Gasteiger partial charge in [0, 0.05) is 13.6 Å². The third kappa shape index (κ3) is 2.32. The molecule has 0 saturated carbocycles. The third-order valence-electron chi connectivity index (χ3n) is 2.77. The number of hydrogen-bond acceptors (Lipinski definition) is 3. The SMILES string of the molecule is CNC(=O)C1(C)CCN(CC(C)=O)C1. The van der Waals surface area contributed by atoms with E-state index in [-0.39, 0.29) is 17.1 Å². The van der Waals surface area contributed by atoms with Gasteiger partial charge in [0.05, 0.1) is 12.0 Å². The van der Waals surface area contributed by atoms with Gasteiger partial charge in [-0.2, -0.15) is 0 Å². The number of Topliss-reactive ketones (excluding diaryl/α,β-unsaturated/α-hetero) is 1. The topological polar surface area (TPSA) is 49.4 Å². The number of nitrogens with one attached hydrogen (secondary N) is 1. The summed E-state index contributed by atoms with van der Waals surface area (Å²) in [5.41, 5.74) is -0.315. The van der Waals surface area contributed by atoms with E-state index in [0.717, 1.165) is 13.0 Å². The lowest BCUT2D eigenvalue weighted by molar-refractivity contribution is -0.129. The maximum Gasteiger partial charge on any atom is 0.227 e. The quantitative estimate of drug-likeness (QED) is 0.696. The summed E-state index contributed by atoms with van der Waals surface area (Å²) in [7, 11) is 1.65. The van der Waals surface area contributed by atoms with Gasteiger partial charge < -0.3 is 5.32 Å². The van der Waals surface area contributed by atoms with Crippen LogP contribution in [0.15, 0.2) is 0 Å². The molecule has 1 rings (SSSR count). The van der Waals surface area contributed by atoms with Crippen LogP contribution in [0.2, 0.25) is 0 Å². The van der Waals surface area contributed by atoms with Crippen molar-refractivity contribution in [1.29, 1.82) is 0 Å². The number of ketones is 1. The largest absolute Gasteiger partial charge is 0.359 e. The molecule has 0 aromatic carbocycles. The van der Waals surface area contributed by atoms with E-state index in [1.54, 1.807) is 14.0 Å². The average Bonchev–Trinajstić information content (AvgIpc) is 2.46. The highest BCUT2D eigenvalue weighted by Crippen LogP contribution is 2.29. The molecule has 4 nitrogen and oxygen atoms in total. The van der Waals surface area contributed by atoms with E-state index in [1.807, 2.05) is 11.8 Å². The summed E-state index contributed by atoms with van der Waals surface area (Å²) in [6, 6.07) is 0. The summed E-state index contributed by atoms with van der Waals surface area (Å²) in [5, 5.41) is 2.67. The van der Waals surface area contributed by atoms with Crippen LogP contribution in [0, 0.1) is 5.41 Å². The van der Waals surface area contributed by atoms with E-state index in [4.69, 9.17) is 0 Å². The lowest BCUT2D eigenvalue weighted by Gasteiger charge is -2.22. The number of nitrogens with zero attached hydrogens (tertiary/aromatic N) is 1. The molecule has 1 N–H and O–H groups in total. The van der Waals surface area contributed by atoms with Gasteiger partial charge in [0.2, 0.25) is 5.91 Å². The molecular formula is C10H18N2O2. The molecule has 80 valence electrons. The molecule has 1 aliphatic rings. The Hall–Kier alpha value is -0.900. The first-order valence-electron chi connectivity index (χ1n) is 4.92. The standard InChI is InChI=1S/C10H18N2O2/c1-8(13)6-12-5-4-10(2,7-12)9(14)11-3/h4-7H2,1-3H3,(H,11,14). The number of rotatable bonds is 3. The number of likely N-dealkylation sites (tertiary alicyclic amines) is 1. The molecule has 1 amide bonds. The van der Waals surface area contributed by atoms with Gasteiger partial charge in [-0.25, -0.2) is 0 Å². The first-order chi connectivity index (χ1) is 6.48. The predicted octanol–water partition coefficient (Wildman–Crippen LogP) is 0.0334. The van der Waals surface area contributed by atoms with Crippen molar-refractivity contribution in [3.63, 3.8) is 0 Å². The minimum Gasteiger partial charge on any atom is -0.359 e. The second-order valence-electron chi connectivity index (χ2n) is 4.30. The molecule has 1 unspecified atom stereocenters. The van der Waals surface area contributed by atoms with Gasteiger partial charge in [0.15, 0.2) is 0 Å². The summed E-state index contributed by atoms with van der Waals surface area (Å²) in [5.74, 6) is 0.231. The molecular weight excluding hydrogens is 180 g/mol. The van der Waals surface area contributed by atoms with E-state index in [2.05, 4.69) is 5.32 Å². The zero-order valence-electron chi connectivity index (χ0n) is 9.09. The summed E-state index contributed by atoms with van der Waals surface area (Å²) in [6.45, 7) is 5.52. The van der Waals surface area contributed by atoms with Crippen LogP contribution >= 0.6 is 0 Å². The van der Waals surface area contributed by atoms with Crippen LogP contribution < -0.4 is 5.32 Å². The van der Waals surface area contributed by atoms with Crippen LogP contribution in [0.25, 0.3) is 0 Å². The van der Waals surface area contributed by atoms with Crippen LogP contribution in [0.1, 0.15) is 20.3 Å². The highest BCUT2D eigenvalue weighted by Gasteiger charge is 2.39. The Morgan fingerprint density at radius 2 is 2.14 bits per heavy atom. The van der Waals surface area contributed by atoms with E-state index < -0.39 is 0 Å². The van der Waals surface area contributed by atoms with E-state index in [1.165, 1.54) is 0 Å². The summed E-state index contributed by atoms with van der Waals surface area (Å²) < 4.78 is 0. The molecule has 0 aliphatic carbocycles. The van der Waals surface area contributed by atoms with Gasteiger partial charge in [-0.05, 0) is 26.8 Å². The predicted molar refractivity (Wildman–Crippen MR) is 53.9 cm³/mol. The zero-order chi connectivity index (χ0) is 10.8. The van der Waals surface area contributed by atoms with E-state index in [0.29, 0.717) is 13.1 Å². The number of carbonyl (C=O) groups is 2. The molecule has 0 radical (unpaired) electrons. The molecule has 1 atom stereocenters. The maximum atomic E-state index is 11.5. The molecule has 1 fully saturated rings. The summed E-state index contributed by atoms with van der Waals surface area (Å²) in [4.78, 5) is 24.5. The Bertz CT molecular complexity index is 253. The van der Waals surface area contributed by atoms with Crippen molar-refractivity contribution in [2.24, 2.45) is 5.41 Å². The fourth-order valence-corrected chi connectivity index (χ4v) is 1.99. The lowest BCUT2D eigenvalue weighted by Crippen LogP contribution is -2.39. The van der Waals surface area contributed by atoms with Crippen LogP contribution in [0.5, 0.6) is 0 Å². The molecule has 0 spiro atoms. The highest BCUT2D eigenvalue weighted by molar-refractivity contribution is 5.83. The fraction of sp³-hybridized carbons (Fsp3) is 0.800. The Morgan fingerprint density at radius 1 is 1.50 bits per heavy atom. The highest BCUT2D eigenvalue weighted by atomic mass is 16.2. The number of hydrogen-bond donors (Lipinski definition) is 1. The lowest BCUT2D eigenvalue weighted by atomic mass is 9.89. The molecule has 1 heterocycles. The van der Waals surface area contributed by atoms with Gasteiger partial charge in [-0.3, -0.25) is 14.5 Å². The molecule has 0 aromatic rings. The van der Waals surface area contributed by atoms with Crippen LogP contribution in [0.4, 0.5) is 0 Å². The molecule has 1 saturated heterocycles. The van der Waals surface area contributed by atoms with Gasteiger partial charge in [-0.1, -0.05) is 0 Å². The number of carbonyl (C=O) groups excluding carboxylic acids is 2. The first-order valence-corrected chi connectivity index (χ1v) is 4.92. The third-order valence-corrected chi connectivity index (χ3v) is 2.77. The maximum absolute atomic E-state index is 11.5. The van der Waals surface area contributed by atoms with Crippen molar-refractivity contribution in [3.05, 3.63) is 0 Å². The second kappa shape index (κ2) is 4.09. The second-order valence-corrected chi connectivity index (χ2v) is 4.30. The van der Waals surface area contributed by atoms with Crippen LogP contribution in [-0.4, -0.2) is 43.3 Å². The monoisotopic (exact) mass is 198 g/mol. The zero-order valence-corrected chi connectivity index (χ0v) is 9.09. The Labute approximate surface area is 84.7 Å². The van der Waals surface area contributed by atoms with Gasteiger partial charge in [0.1, 0.15) is 5.78 Å². The summed E-state index contributed by atoms with van der Waals surface area (Å²) in [6.07, 6.45) is 0.833.